The van der Waals surface area contributed by atoms with Crippen LogP contribution < -0.4 is 5.32 Å². The lowest BCUT2D eigenvalue weighted by atomic mass is 9.81. The number of hydrogen-bond acceptors (Lipinski definition) is 3. The number of aryl methyl sites for hydroxylation is 1. The van der Waals surface area contributed by atoms with E-state index in [1.54, 1.807) is 4.90 Å². The second-order valence-corrected chi connectivity index (χ2v) is 8.77. The van der Waals surface area contributed by atoms with Gasteiger partial charge in [0.2, 0.25) is 11.8 Å². The normalized spacial score (nSPS) is 21.2. The van der Waals surface area contributed by atoms with Crippen LogP contribution in [0.25, 0.3) is 0 Å². The molecule has 27 heavy (non-hydrogen) atoms. The molecule has 1 saturated heterocycles. The van der Waals surface area contributed by atoms with Gasteiger partial charge in [-0.15, -0.1) is 0 Å². The SMILES string of the molecule is CCCc1ccc(CNC(=O)[C@@H]2C[C@@H](O)CN2C(=O)[C@@H](C)C(C)(C)C)cc1. The summed E-state index contributed by atoms with van der Waals surface area (Å²) in [7, 11) is 0. The summed E-state index contributed by atoms with van der Waals surface area (Å²) in [5, 5.41) is 13.0. The predicted octanol–water partition coefficient (Wildman–Crippen LogP) is 2.90. The smallest absolute Gasteiger partial charge is 0.243 e. The first kappa shape index (κ1) is 21.4. The first-order chi connectivity index (χ1) is 12.6. The van der Waals surface area contributed by atoms with Crippen molar-refractivity contribution in [2.75, 3.05) is 6.54 Å². The summed E-state index contributed by atoms with van der Waals surface area (Å²) in [4.78, 5) is 27.1. The number of carbonyl (C=O) groups is 2. The number of nitrogens with one attached hydrogen (secondary N) is 1. The van der Waals surface area contributed by atoms with E-state index < -0.39 is 12.1 Å². The van der Waals surface area contributed by atoms with Gasteiger partial charge in [-0.3, -0.25) is 9.59 Å². The molecular weight excluding hydrogens is 340 g/mol. The Hall–Kier alpha value is -1.88. The number of hydrogen-bond donors (Lipinski definition) is 2. The molecule has 0 unspecified atom stereocenters. The summed E-state index contributed by atoms with van der Waals surface area (Å²) in [5.41, 5.74) is 2.13. The molecule has 2 N–H and O–H groups in total. The number of carbonyl (C=O) groups excluding carboxylic acids is 2. The van der Waals surface area contributed by atoms with Crippen LogP contribution in [0.1, 0.15) is 58.6 Å². The molecule has 1 heterocycles. The highest BCUT2D eigenvalue weighted by molar-refractivity contribution is 5.89. The molecule has 2 amide bonds. The highest BCUT2D eigenvalue weighted by Gasteiger charge is 2.42. The zero-order valence-corrected chi connectivity index (χ0v) is 17.3. The highest BCUT2D eigenvalue weighted by atomic mass is 16.3. The zero-order chi connectivity index (χ0) is 20.2. The van der Waals surface area contributed by atoms with E-state index in [1.165, 1.54) is 5.56 Å². The Balaban J connectivity index is 1.99. The van der Waals surface area contributed by atoms with Crippen LogP contribution in [0.3, 0.4) is 0 Å². The third-order valence-corrected chi connectivity index (χ3v) is 5.56. The molecule has 150 valence electrons. The molecule has 1 aliphatic rings. The van der Waals surface area contributed by atoms with Crippen LogP contribution in [-0.4, -0.2) is 40.5 Å². The Morgan fingerprint density at radius 3 is 2.37 bits per heavy atom. The van der Waals surface area contributed by atoms with Gasteiger partial charge in [-0.1, -0.05) is 65.3 Å². The van der Waals surface area contributed by atoms with Crippen molar-refractivity contribution < 1.29 is 14.7 Å². The topological polar surface area (TPSA) is 69.6 Å². The minimum absolute atomic E-state index is 0.0666. The summed E-state index contributed by atoms with van der Waals surface area (Å²) in [6.45, 7) is 10.7. The molecule has 0 bridgehead atoms. The van der Waals surface area contributed by atoms with Crippen LogP contribution in [0.15, 0.2) is 24.3 Å². The van der Waals surface area contributed by atoms with Crippen molar-refractivity contribution in [2.24, 2.45) is 11.3 Å². The summed E-state index contributed by atoms with van der Waals surface area (Å²) in [5.74, 6) is -0.481. The molecule has 3 atom stereocenters. The molecule has 5 nitrogen and oxygen atoms in total. The molecule has 0 aromatic heterocycles. The zero-order valence-electron chi connectivity index (χ0n) is 17.3. The minimum atomic E-state index is -0.648. The van der Waals surface area contributed by atoms with Crippen molar-refractivity contribution in [1.29, 1.82) is 0 Å². The lowest BCUT2D eigenvalue weighted by Gasteiger charge is -2.32. The summed E-state index contributed by atoms with van der Waals surface area (Å²) in [6, 6.07) is 7.63. The van der Waals surface area contributed by atoms with Crippen LogP contribution in [-0.2, 0) is 22.6 Å². The number of β-amino-alcohol motifs (C(OH)–C–C–N with tert-alkyl or cyclic N) is 1. The number of likely N-dealkylation sites (tertiary alicyclic amines) is 1. The van der Waals surface area contributed by atoms with Gasteiger partial charge in [0.15, 0.2) is 0 Å². The van der Waals surface area contributed by atoms with Gasteiger partial charge in [-0.25, -0.2) is 0 Å². The molecule has 0 radical (unpaired) electrons. The Kier molecular flexibility index (Phi) is 7.04. The summed E-state index contributed by atoms with van der Waals surface area (Å²) >= 11 is 0. The van der Waals surface area contributed by atoms with Crippen molar-refractivity contribution >= 4 is 11.8 Å². The number of aliphatic hydroxyl groups excluding tert-OH is 1. The maximum absolute atomic E-state index is 12.9. The fourth-order valence-corrected chi connectivity index (χ4v) is 3.34. The fraction of sp³-hybridized carbons (Fsp3) is 0.636. The first-order valence-corrected chi connectivity index (χ1v) is 9.97. The van der Waals surface area contributed by atoms with Crippen molar-refractivity contribution in [3.05, 3.63) is 35.4 Å². The average molecular weight is 375 g/mol. The Morgan fingerprint density at radius 2 is 1.81 bits per heavy atom. The van der Waals surface area contributed by atoms with Crippen LogP contribution in [0.4, 0.5) is 0 Å². The first-order valence-electron chi connectivity index (χ1n) is 9.97. The third kappa shape index (κ3) is 5.55. The standard InChI is InChI=1S/C22H34N2O3/c1-6-7-16-8-10-17(11-9-16)13-23-20(26)19-12-18(25)14-24(19)21(27)15(2)22(3,4)5/h8-11,15,18-19,25H,6-7,12-14H2,1-5H3,(H,23,26)/t15-,18-,19+/m1/s1. The quantitative estimate of drug-likeness (QED) is 0.804. The van der Waals surface area contributed by atoms with Gasteiger partial charge in [0.05, 0.1) is 6.10 Å². The highest BCUT2D eigenvalue weighted by Crippen LogP contribution is 2.30. The molecule has 1 aromatic rings. The van der Waals surface area contributed by atoms with Crippen molar-refractivity contribution in [3.8, 4) is 0 Å². The van der Waals surface area contributed by atoms with E-state index in [-0.39, 0.29) is 29.7 Å². The van der Waals surface area contributed by atoms with E-state index in [0.717, 1.165) is 18.4 Å². The van der Waals surface area contributed by atoms with Crippen LogP contribution in [0.5, 0.6) is 0 Å². The molecule has 0 saturated carbocycles. The van der Waals surface area contributed by atoms with Gasteiger partial charge < -0.3 is 15.3 Å². The lowest BCUT2D eigenvalue weighted by Crippen LogP contribution is -2.49. The van der Waals surface area contributed by atoms with Gasteiger partial charge in [0.1, 0.15) is 6.04 Å². The van der Waals surface area contributed by atoms with Gasteiger partial charge in [-0.2, -0.15) is 0 Å². The molecular formula is C22H34N2O3. The Morgan fingerprint density at radius 1 is 1.22 bits per heavy atom. The van der Waals surface area contributed by atoms with Gasteiger partial charge >= 0.3 is 0 Å². The van der Waals surface area contributed by atoms with Gasteiger partial charge in [0.25, 0.3) is 0 Å². The molecule has 1 aliphatic heterocycles. The van der Waals surface area contributed by atoms with Crippen molar-refractivity contribution in [1.82, 2.24) is 10.2 Å². The summed E-state index contributed by atoms with van der Waals surface area (Å²) in [6.07, 6.45) is 1.81. The maximum atomic E-state index is 12.9. The number of benzene rings is 1. The predicted molar refractivity (Wildman–Crippen MR) is 107 cm³/mol. The van der Waals surface area contributed by atoms with Gasteiger partial charge in [0, 0.05) is 25.4 Å². The van der Waals surface area contributed by atoms with E-state index in [9.17, 15) is 14.7 Å². The second kappa shape index (κ2) is 8.87. The number of aliphatic hydroxyl groups is 1. The van der Waals surface area contributed by atoms with E-state index >= 15 is 0 Å². The van der Waals surface area contributed by atoms with Crippen LogP contribution in [0, 0.1) is 11.3 Å². The molecule has 2 rings (SSSR count). The largest absolute Gasteiger partial charge is 0.391 e. The molecule has 1 aromatic carbocycles. The van der Waals surface area contributed by atoms with E-state index in [1.807, 2.05) is 39.8 Å². The van der Waals surface area contributed by atoms with E-state index in [2.05, 4.69) is 24.4 Å². The fourth-order valence-electron chi connectivity index (χ4n) is 3.34. The molecule has 0 spiro atoms. The minimum Gasteiger partial charge on any atom is -0.391 e. The molecule has 0 aliphatic carbocycles. The monoisotopic (exact) mass is 374 g/mol. The lowest BCUT2D eigenvalue weighted by molar-refractivity contribution is -0.144. The van der Waals surface area contributed by atoms with Crippen LogP contribution in [0.2, 0.25) is 0 Å². The third-order valence-electron chi connectivity index (χ3n) is 5.56. The van der Waals surface area contributed by atoms with Gasteiger partial charge in [-0.05, 0) is 23.0 Å². The average Bonchev–Trinajstić information content (AvgIpc) is 3.01. The number of nitrogens with zero attached hydrogens (tertiary/aromatic N) is 1. The molecule has 1 fully saturated rings. The maximum Gasteiger partial charge on any atom is 0.243 e. The van der Waals surface area contributed by atoms with E-state index in [4.69, 9.17) is 0 Å². The molecule has 5 heteroatoms. The second-order valence-electron chi connectivity index (χ2n) is 8.77. The van der Waals surface area contributed by atoms with Crippen molar-refractivity contribution in [3.63, 3.8) is 0 Å². The van der Waals surface area contributed by atoms with E-state index in [0.29, 0.717) is 13.0 Å². The Bertz CT molecular complexity index is 649. The summed E-state index contributed by atoms with van der Waals surface area (Å²) < 4.78 is 0. The Labute approximate surface area is 163 Å². The number of rotatable bonds is 6. The van der Waals surface area contributed by atoms with Crippen LogP contribution >= 0.6 is 0 Å². The number of amides is 2. The van der Waals surface area contributed by atoms with Crippen molar-refractivity contribution in [2.45, 2.75) is 72.6 Å².